The van der Waals surface area contributed by atoms with Crippen LogP contribution >= 0.6 is 11.3 Å². The third kappa shape index (κ3) is 2.69. The number of hydrogen-bond donors (Lipinski definition) is 1. The van der Waals surface area contributed by atoms with Crippen LogP contribution in [0.15, 0.2) is 30.0 Å². The number of aromatic nitrogens is 2. The van der Waals surface area contributed by atoms with Gasteiger partial charge in [0, 0.05) is 26.2 Å². The number of rotatable bonds is 3. The number of thiophene rings is 1. The van der Waals surface area contributed by atoms with E-state index >= 15 is 0 Å². The number of amides is 1. The van der Waals surface area contributed by atoms with Crippen LogP contribution in [-0.2, 0) is 11.3 Å². The normalized spacial score (nSPS) is 15.7. The number of hydrogen-bond acceptors (Lipinski definition) is 4. The lowest BCUT2D eigenvalue weighted by Crippen LogP contribution is -2.47. The highest BCUT2D eigenvalue weighted by molar-refractivity contribution is 7.13. The molecule has 100 valence electrons. The molecule has 1 aliphatic rings. The summed E-state index contributed by atoms with van der Waals surface area (Å²) in [5.41, 5.74) is 1.01. The van der Waals surface area contributed by atoms with E-state index in [1.807, 2.05) is 33.2 Å². The molecule has 0 bridgehead atoms. The van der Waals surface area contributed by atoms with Gasteiger partial charge in [0.15, 0.2) is 0 Å². The van der Waals surface area contributed by atoms with Crippen LogP contribution in [0.1, 0.15) is 0 Å². The van der Waals surface area contributed by atoms with Gasteiger partial charge in [0.2, 0.25) is 5.91 Å². The summed E-state index contributed by atoms with van der Waals surface area (Å²) in [6.07, 6.45) is 3.55. The molecule has 0 radical (unpaired) electrons. The van der Waals surface area contributed by atoms with E-state index in [-0.39, 0.29) is 5.91 Å². The van der Waals surface area contributed by atoms with Crippen LogP contribution in [0.2, 0.25) is 0 Å². The average molecular weight is 276 g/mol. The molecule has 19 heavy (non-hydrogen) atoms. The Balaban J connectivity index is 1.73. The van der Waals surface area contributed by atoms with Crippen LogP contribution in [0.25, 0.3) is 10.6 Å². The Morgan fingerprint density at radius 3 is 3.00 bits per heavy atom. The third-order valence-electron chi connectivity index (χ3n) is 3.26. The second-order valence-corrected chi connectivity index (χ2v) is 5.46. The molecule has 2 aromatic heterocycles. The topological polar surface area (TPSA) is 50.2 Å². The molecule has 0 unspecified atom stereocenters. The maximum atomic E-state index is 12.2. The molecule has 1 aliphatic heterocycles. The molecule has 1 N–H and O–H groups in total. The van der Waals surface area contributed by atoms with E-state index in [9.17, 15) is 4.79 Å². The van der Waals surface area contributed by atoms with Crippen molar-refractivity contribution in [1.82, 2.24) is 19.8 Å². The summed E-state index contributed by atoms with van der Waals surface area (Å²) in [5.74, 6) is 0.164. The van der Waals surface area contributed by atoms with Crippen molar-refractivity contribution >= 4 is 17.2 Å². The summed E-state index contributed by atoms with van der Waals surface area (Å²) < 4.78 is 1.93. The fourth-order valence-electron chi connectivity index (χ4n) is 2.24. The van der Waals surface area contributed by atoms with Crippen molar-refractivity contribution in [3.05, 3.63) is 30.0 Å². The van der Waals surface area contributed by atoms with Crippen LogP contribution in [-0.4, -0.2) is 46.5 Å². The van der Waals surface area contributed by atoms with Crippen LogP contribution in [0.5, 0.6) is 0 Å². The lowest BCUT2D eigenvalue weighted by atomic mass is 10.3. The Bertz CT molecular complexity index is 543. The van der Waals surface area contributed by atoms with Crippen molar-refractivity contribution in [2.45, 2.75) is 6.54 Å². The first-order chi connectivity index (χ1) is 9.34. The van der Waals surface area contributed by atoms with Crippen molar-refractivity contribution in [2.24, 2.45) is 0 Å². The van der Waals surface area contributed by atoms with E-state index in [0.717, 1.165) is 36.8 Å². The minimum absolute atomic E-state index is 0.164. The maximum Gasteiger partial charge on any atom is 0.242 e. The van der Waals surface area contributed by atoms with Gasteiger partial charge in [0.1, 0.15) is 6.54 Å². The smallest absolute Gasteiger partial charge is 0.242 e. The Kier molecular flexibility index (Phi) is 3.61. The van der Waals surface area contributed by atoms with E-state index < -0.39 is 0 Å². The molecule has 0 atom stereocenters. The fourth-order valence-corrected chi connectivity index (χ4v) is 2.99. The van der Waals surface area contributed by atoms with E-state index in [1.54, 1.807) is 17.7 Å². The average Bonchev–Trinajstić information content (AvgIpc) is 3.10. The quantitative estimate of drug-likeness (QED) is 0.911. The van der Waals surface area contributed by atoms with Crippen molar-refractivity contribution in [3.8, 4) is 10.6 Å². The summed E-state index contributed by atoms with van der Waals surface area (Å²) in [7, 11) is 0. The summed E-state index contributed by atoms with van der Waals surface area (Å²) in [6.45, 7) is 3.72. The minimum atomic E-state index is 0.164. The zero-order valence-electron chi connectivity index (χ0n) is 10.6. The van der Waals surface area contributed by atoms with Crippen LogP contribution < -0.4 is 5.32 Å². The van der Waals surface area contributed by atoms with E-state index in [0.29, 0.717) is 6.54 Å². The van der Waals surface area contributed by atoms with Crippen molar-refractivity contribution in [3.63, 3.8) is 0 Å². The largest absolute Gasteiger partial charge is 0.339 e. The van der Waals surface area contributed by atoms with Gasteiger partial charge in [-0.15, -0.1) is 11.3 Å². The molecule has 2 aromatic rings. The molecular formula is C13H16N4OS. The van der Waals surface area contributed by atoms with Gasteiger partial charge in [0.05, 0.1) is 23.1 Å². The minimum Gasteiger partial charge on any atom is -0.339 e. The fraction of sp³-hybridized carbons (Fsp3) is 0.385. The molecule has 0 saturated carbocycles. The molecule has 1 fully saturated rings. The highest BCUT2D eigenvalue weighted by Gasteiger charge is 2.17. The molecule has 5 nitrogen and oxygen atoms in total. The highest BCUT2D eigenvalue weighted by Crippen LogP contribution is 2.24. The SMILES string of the molecule is O=C(Cn1cncc1-c1cccs1)N1CCNCC1. The Morgan fingerprint density at radius 2 is 2.26 bits per heavy atom. The van der Waals surface area contributed by atoms with Crippen LogP contribution in [0.3, 0.4) is 0 Å². The first-order valence-corrected chi connectivity index (χ1v) is 7.25. The summed E-state index contributed by atoms with van der Waals surface area (Å²) in [6, 6.07) is 4.06. The molecule has 1 amide bonds. The number of carbonyl (C=O) groups excluding carboxylic acids is 1. The Morgan fingerprint density at radius 1 is 1.42 bits per heavy atom. The van der Waals surface area contributed by atoms with Gasteiger partial charge in [-0.1, -0.05) is 6.07 Å². The number of carbonyl (C=O) groups is 1. The second kappa shape index (κ2) is 5.54. The number of nitrogens with one attached hydrogen (secondary N) is 1. The predicted octanol–water partition coefficient (Wildman–Crippen LogP) is 1.04. The van der Waals surface area contributed by atoms with Gasteiger partial charge in [-0.3, -0.25) is 4.79 Å². The third-order valence-corrected chi connectivity index (χ3v) is 4.15. The first kappa shape index (κ1) is 12.4. The van der Waals surface area contributed by atoms with Crippen LogP contribution in [0.4, 0.5) is 0 Å². The molecule has 6 heteroatoms. The van der Waals surface area contributed by atoms with E-state index in [4.69, 9.17) is 0 Å². The summed E-state index contributed by atoms with van der Waals surface area (Å²) in [4.78, 5) is 19.5. The van der Waals surface area contributed by atoms with Crippen LogP contribution in [0, 0.1) is 0 Å². The standard InChI is InChI=1S/C13H16N4OS/c18-13(16-5-3-14-4-6-16)9-17-10-15-8-11(17)12-2-1-7-19-12/h1-2,7-8,10,14H,3-6,9H2. The van der Waals surface area contributed by atoms with Gasteiger partial charge in [-0.05, 0) is 11.4 Å². The molecule has 0 aliphatic carbocycles. The maximum absolute atomic E-state index is 12.2. The summed E-state index contributed by atoms with van der Waals surface area (Å²) in [5, 5.41) is 5.28. The van der Waals surface area contributed by atoms with Gasteiger partial charge in [-0.25, -0.2) is 4.98 Å². The monoisotopic (exact) mass is 276 g/mol. The van der Waals surface area contributed by atoms with E-state index in [2.05, 4.69) is 10.3 Å². The lowest BCUT2D eigenvalue weighted by molar-refractivity contribution is -0.132. The van der Waals surface area contributed by atoms with Gasteiger partial charge >= 0.3 is 0 Å². The van der Waals surface area contributed by atoms with E-state index in [1.165, 1.54) is 0 Å². The lowest BCUT2D eigenvalue weighted by Gasteiger charge is -2.27. The number of piperazine rings is 1. The number of nitrogens with zero attached hydrogens (tertiary/aromatic N) is 3. The highest BCUT2D eigenvalue weighted by atomic mass is 32.1. The molecule has 1 saturated heterocycles. The first-order valence-electron chi connectivity index (χ1n) is 6.37. The zero-order chi connectivity index (χ0) is 13.1. The zero-order valence-corrected chi connectivity index (χ0v) is 11.4. The van der Waals surface area contributed by atoms with Gasteiger partial charge in [-0.2, -0.15) is 0 Å². The van der Waals surface area contributed by atoms with Crippen molar-refractivity contribution < 1.29 is 4.79 Å². The van der Waals surface area contributed by atoms with Gasteiger partial charge in [0.25, 0.3) is 0 Å². The van der Waals surface area contributed by atoms with Gasteiger partial charge < -0.3 is 14.8 Å². The van der Waals surface area contributed by atoms with Crippen molar-refractivity contribution in [1.29, 1.82) is 0 Å². The molecule has 3 rings (SSSR count). The molecule has 0 spiro atoms. The summed E-state index contributed by atoms with van der Waals surface area (Å²) >= 11 is 1.66. The predicted molar refractivity (Wildman–Crippen MR) is 75.0 cm³/mol. The Labute approximate surface area is 115 Å². The Hall–Kier alpha value is -1.66. The second-order valence-electron chi connectivity index (χ2n) is 4.51. The molecule has 0 aromatic carbocycles. The number of imidazole rings is 1. The molecular weight excluding hydrogens is 260 g/mol. The molecule has 3 heterocycles. The van der Waals surface area contributed by atoms with Crippen molar-refractivity contribution in [2.75, 3.05) is 26.2 Å².